The van der Waals surface area contributed by atoms with E-state index < -0.39 is 49.1 Å². The van der Waals surface area contributed by atoms with Gasteiger partial charge in [0.05, 0.1) is 0 Å². The third-order valence-corrected chi connectivity index (χ3v) is 6.14. The van der Waals surface area contributed by atoms with E-state index in [0.717, 1.165) is 0 Å². The predicted molar refractivity (Wildman–Crippen MR) is 45.3 cm³/mol. The van der Waals surface area contributed by atoms with Crippen LogP contribution in [0, 0.1) is 0 Å². The maximum absolute atomic E-state index is 13.4. The van der Waals surface area contributed by atoms with Crippen LogP contribution in [-0.2, 0) is 20.0 Å². The van der Waals surface area contributed by atoms with Crippen molar-refractivity contribution in [1.82, 2.24) is 4.13 Å². The number of rotatable bonds is 0. The van der Waals surface area contributed by atoms with E-state index >= 15 is 0 Å². The summed E-state index contributed by atoms with van der Waals surface area (Å²) in [5.41, 5.74) is -5.67. The molecule has 0 aromatic carbocycles. The molecular formula is C5H4F7NO4S2. The normalized spacial score (nSPS) is 38.3. The molecule has 1 unspecified atom stereocenters. The summed E-state index contributed by atoms with van der Waals surface area (Å²) < 4.78 is 134. The lowest BCUT2D eigenvalue weighted by molar-refractivity contribution is -0.268. The Morgan fingerprint density at radius 2 is 1.05 bits per heavy atom. The van der Waals surface area contributed by atoms with Crippen LogP contribution in [0.1, 0.15) is 6.92 Å². The molecule has 1 saturated heterocycles. The first-order valence-electron chi connectivity index (χ1n) is 4.06. The molecule has 1 rings (SSSR count). The first-order valence-corrected chi connectivity index (χ1v) is 7.02. The van der Waals surface area contributed by atoms with Gasteiger partial charge in [-0.1, -0.05) is 4.13 Å². The summed E-state index contributed by atoms with van der Waals surface area (Å²) in [5.74, 6) is -6.50. The van der Waals surface area contributed by atoms with Crippen LogP contribution >= 0.6 is 0 Å². The molecule has 5 nitrogen and oxygen atoms in total. The van der Waals surface area contributed by atoms with E-state index in [9.17, 15) is 47.6 Å². The third-order valence-electron chi connectivity index (χ3n) is 2.40. The van der Waals surface area contributed by atoms with Crippen molar-refractivity contribution in [2.45, 2.75) is 29.0 Å². The van der Waals surface area contributed by atoms with Gasteiger partial charge in [-0.2, -0.15) is 26.3 Å². The van der Waals surface area contributed by atoms with Gasteiger partial charge in [0.15, 0.2) is 0 Å². The summed E-state index contributed by atoms with van der Waals surface area (Å²) in [6, 6.07) is 0. The highest BCUT2D eigenvalue weighted by Crippen LogP contribution is 2.56. The van der Waals surface area contributed by atoms with Crippen molar-refractivity contribution in [2.75, 3.05) is 0 Å². The molecule has 0 saturated carbocycles. The quantitative estimate of drug-likeness (QED) is 0.662. The zero-order valence-corrected chi connectivity index (χ0v) is 10.2. The fourth-order valence-electron chi connectivity index (χ4n) is 1.13. The first kappa shape index (κ1) is 16.4. The molecule has 1 N–H and O–H groups in total. The van der Waals surface area contributed by atoms with Crippen LogP contribution in [0.3, 0.4) is 0 Å². The van der Waals surface area contributed by atoms with Crippen LogP contribution in [0.15, 0.2) is 0 Å². The highest BCUT2D eigenvalue weighted by Gasteiger charge is 2.86. The summed E-state index contributed by atoms with van der Waals surface area (Å²) in [4.78, 5) is 0. The minimum absolute atomic E-state index is 0.289. The Hall–Kier alpha value is -0.630. The highest BCUT2D eigenvalue weighted by atomic mass is 32.3. The van der Waals surface area contributed by atoms with Gasteiger partial charge in [-0.3, -0.25) is 0 Å². The number of sulfonamides is 2. The molecule has 1 fully saturated rings. The summed E-state index contributed by atoms with van der Waals surface area (Å²) in [7, 11) is -13.5. The van der Waals surface area contributed by atoms with Crippen LogP contribution in [0.2, 0.25) is 0 Å². The van der Waals surface area contributed by atoms with E-state index in [-0.39, 0.29) is 4.13 Å². The molecule has 0 aromatic heterocycles. The van der Waals surface area contributed by atoms with Crippen LogP contribution in [0.25, 0.3) is 0 Å². The number of nitrogens with one attached hydrogen (secondary N) is 1. The molecule has 0 aromatic rings. The lowest BCUT2D eigenvalue weighted by Gasteiger charge is -2.34. The van der Waals surface area contributed by atoms with Crippen LogP contribution < -0.4 is 4.13 Å². The predicted octanol–water partition coefficient (Wildman–Crippen LogP) is 0.798. The Balaban J connectivity index is 3.92. The largest absolute Gasteiger partial charge is 0.425 e. The molecule has 0 aliphatic carbocycles. The second-order valence-corrected chi connectivity index (χ2v) is 7.41. The van der Waals surface area contributed by atoms with Crippen molar-refractivity contribution in [3.63, 3.8) is 0 Å². The van der Waals surface area contributed by atoms with Gasteiger partial charge >= 0.3 is 16.4 Å². The molecule has 1 heterocycles. The molecule has 114 valence electrons. The lowest BCUT2D eigenvalue weighted by atomic mass is 10.0. The monoisotopic (exact) mass is 339 g/mol. The molecule has 0 bridgehead atoms. The van der Waals surface area contributed by atoms with Crippen LogP contribution in [0.4, 0.5) is 30.7 Å². The minimum atomic E-state index is -6.80. The Morgan fingerprint density at radius 3 is 1.42 bits per heavy atom. The SMILES string of the molecule is CC1(F)C(F)(F)C(F)(F)S(=O)(=O)NS(=O)(=O)C1(F)F. The fourth-order valence-corrected chi connectivity index (χ4v) is 4.28. The molecule has 0 radical (unpaired) electrons. The second-order valence-electron chi connectivity index (χ2n) is 3.70. The maximum Gasteiger partial charge on any atom is 0.425 e. The Bertz CT molecular complexity index is 553. The van der Waals surface area contributed by atoms with E-state index in [0.29, 0.717) is 0 Å². The van der Waals surface area contributed by atoms with Gasteiger partial charge in [-0.25, -0.2) is 21.2 Å². The van der Waals surface area contributed by atoms with E-state index in [1.54, 1.807) is 0 Å². The van der Waals surface area contributed by atoms with Gasteiger partial charge in [0, 0.05) is 0 Å². The topological polar surface area (TPSA) is 80.3 Å². The molecule has 1 aliphatic heterocycles. The third kappa shape index (κ3) is 1.62. The van der Waals surface area contributed by atoms with E-state index in [1.807, 2.05) is 0 Å². The van der Waals surface area contributed by atoms with E-state index in [2.05, 4.69) is 0 Å². The minimum Gasteiger partial charge on any atom is -0.229 e. The average molecular weight is 339 g/mol. The Kier molecular flexibility index (Phi) is 3.04. The average Bonchev–Trinajstić information content (AvgIpc) is 2.14. The van der Waals surface area contributed by atoms with Gasteiger partial charge in [-0.05, 0) is 6.92 Å². The number of halogens is 7. The van der Waals surface area contributed by atoms with Crippen molar-refractivity contribution in [1.29, 1.82) is 0 Å². The van der Waals surface area contributed by atoms with Crippen molar-refractivity contribution in [2.24, 2.45) is 0 Å². The zero-order valence-electron chi connectivity index (χ0n) is 8.60. The zero-order chi connectivity index (χ0) is 15.7. The van der Waals surface area contributed by atoms with Crippen molar-refractivity contribution in [3.8, 4) is 0 Å². The maximum atomic E-state index is 13.4. The van der Waals surface area contributed by atoms with Gasteiger partial charge < -0.3 is 0 Å². The summed E-state index contributed by atoms with van der Waals surface area (Å²) >= 11 is 0. The highest BCUT2D eigenvalue weighted by molar-refractivity contribution is 8.05. The standard InChI is InChI=1S/C5H4F7NO4S2/c1-2(6)3(7,8)5(11,12)19(16,17)13-18(14,15)4(2,9)10/h13H,1H3. The van der Waals surface area contributed by atoms with Gasteiger partial charge in [0.2, 0.25) is 0 Å². The Labute approximate surface area is 101 Å². The molecule has 1 atom stereocenters. The summed E-state index contributed by atoms with van der Waals surface area (Å²) in [5, 5.41) is -12.5. The molecule has 19 heavy (non-hydrogen) atoms. The second kappa shape index (κ2) is 3.52. The van der Waals surface area contributed by atoms with Gasteiger partial charge in [0.25, 0.3) is 25.7 Å². The van der Waals surface area contributed by atoms with Gasteiger partial charge in [0.1, 0.15) is 0 Å². The van der Waals surface area contributed by atoms with E-state index in [4.69, 9.17) is 0 Å². The number of hydrogen-bond donors (Lipinski definition) is 1. The smallest absolute Gasteiger partial charge is 0.229 e. The molecular weight excluding hydrogens is 335 g/mol. The summed E-state index contributed by atoms with van der Waals surface area (Å²) in [6.45, 7) is -0.832. The molecule has 0 spiro atoms. The number of alkyl halides is 7. The Morgan fingerprint density at radius 1 is 0.737 bits per heavy atom. The molecule has 1 aliphatic rings. The molecule has 14 heteroatoms. The van der Waals surface area contributed by atoms with Gasteiger partial charge in [-0.15, -0.1) is 0 Å². The van der Waals surface area contributed by atoms with Crippen LogP contribution in [-0.4, -0.2) is 38.9 Å². The van der Waals surface area contributed by atoms with Crippen molar-refractivity contribution >= 4 is 20.0 Å². The first-order chi connectivity index (χ1) is 7.96. The summed E-state index contributed by atoms with van der Waals surface area (Å²) in [6.07, 6.45) is 0. The number of hydrogen-bond acceptors (Lipinski definition) is 4. The molecule has 0 amide bonds. The fraction of sp³-hybridized carbons (Fsp3) is 1.00. The van der Waals surface area contributed by atoms with Crippen LogP contribution in [0.5, 0.6) is 0 Å². The van der Waals surface area contributed by atoms with Crippen molar-refractivity contribution < 1.29 is 47.6 Å². The lowest BCUT2D eigenvalue weighted by Crippen LogP contribution is -2.63. The van der Waals surface area contributed by atoms with E-state index in [1.165, 1.54) is 0 Å². The van der Waals surface area contributed by atoms with Crippen molar-refractivity contribution in [3.05, 3.63) is 0 Å².